The van der Waals surface area contributed by atoms with E-state index in [-0.39, 0.29) is 5.91 Å². The minimum atomic E-state index is 0.102. The number of amides is 1. The molecule has 1 aromatic carbocycles. The summed E-state index contributed by atoms with van der Waals surface area (Å²) in [6, 6.07) is 6.20. The van der Waals surface area contributed by atoms with Gasteiger partial charge in [-0.05, 0) is 30.9 Å². The van der Waals surface area contributed by atoms with Gasteiger partial charge in [-0.25, -0.2) is 0 Å². The van der Waals surface area contributed by atoms with Gasteiger partial charge >= 0.3 is 0 Å². The fraction of sp³-hybridized carbons (Fsp3) is 0.308. The third-order valence-electron chi connectivity index (χ3n) is 3.72. The van der Waals surface area contributed by atoms with E-state index in [1.54, 1.807) is 0 Å². The molecule has 0 fully saturated rings. The molecule has 80 valence electrons. The fourth-order valence-corrected chi connectivity index (χ4v) is 3.14. The van der Waals surface area contributed by atoms with Gasteiger partial charge in [0.2, 0.25) is 5.91 Å². The van der Waals surface area contributed by atoms with Crippen molar-refractivity contribution in [2.45, 2.75) is 25.8 Å². The van der Waals surface area contributed by atoms with Crippen molar-refractivity contribution in [3.05, 3.63) is 29.5 Å². The first-order valence-electron chi connectivity index (χ1n) is 5.77. The average molecular weight is 212 g/mol. The van der Waals surface area contributed by atoms with Crippen molar-refractivity contribution >= 4 is 22.5 Å². The summed E-state index contributed by atoms with van der Waals surface area (Å²) >= 11 is 0. The van der Waals surface area contributed by atoms with Crippen molar-refractivity contribution < 1.29 is 4.79 Å². The molecule has 3 nitrogen and oxygen atoms in total. The number of aromatic nitrogens is 1. The lowest BCUT2D eigenvalue weighted by atomic mass is 10.1. The van der Waals surface area contributed by atoms with Gasteiger partial charge < -0.3 is 9.88 Å². The topological polar surface area (TPSA) is 34.0 Å². The number of para-hydroxylation sites is 1. The van der Waals surface area contributed by atoms with Crippen LogP contribution in [0.2, 0.25) is 0 Å². The van der Waals surface area contributed by atoms with Gasteiger partial charge in [0.05, 0.1) is 11.2 Å². The molecule has 2 aromatic rings. The van der Waals surface area contributed by atoms with E-state index in [1.807, 2.05) is 12.1 Å². The number of nitrogens with zero attached hydrogens (tertiary/aromatic N) is 1. The number of aryl methyl sites for hydroxylation is 1. The summed E-state index contributed by atoms with van der Waals surface area (Å²) in [6.45, 7) is 0.489. The normalized spacial score (nSPS) is 17.6. The maximum Gasteiger partial charge on any atom is 0.244 e. The highest BCUT2D eigenvalue weighted by Crippen LogP contribution is 2.38. The number of rotatable bonds is 0. The lowest BCUT2D eigenvalue weighted by Crippen LogP contribution is -2.24. The zero-order valence-electron chi connectivity index (χ0n) is 8.92. The summed E-state index contributed by atoms with van der Waals surface area (Å²) in [7, 11) is 0. The third-order valence-corrected chi connectivity index (χ3v) is 3.72. The molecule has 1 aliphatic heterocycles. The van der Waals surface area contributed by atoms with E-state index < -0.39 is 0 Å². The second-order valence-corrected chi connectivity index (χ2v) is 4.61. The molecule has 1 aliphatic carbocycles. The Hall–Kier alpha value is -1.77. The van der Waals surface area contributed by atoms with Crippen LogP contribution in [-0.2, 0) is 24.2 Å². The number of nitrogens with one attached hydrogen (secondary N) is 1. The van der Waals surface area contributed by atoms with Crippen molar-refractivity contribution in [1.82, 2.24) is 4.57 Å². The van der Waals surface area contributed by atoms with Gasteiger partial charge in [-0.2, -0.15) is 0 Å². The van der Waals surface area contributed by atoms with Crippen LogP contribution in [0.25, 0.3) is 10.9 Å². The van der Waals surface area contributed by atoms with Crippen LogP contribution in [0.5, 0.6) is 0 Å². The number of carbonyl (C=O) groups is 1. The van der Waals surface area contributed by atoms with Crippen LogP contribution in [0, 0.1) is 0 Å². The van der Waals surface area contributed by atoms with Crippen LogP contribution in [-0.4, -0.2) is 10.5 Å². The minimum Gasteiger partial charge on any atom is -0.333 e. The summed E-state index contributed by atoms with van der Waals surface area (Å²) in [5.41, 5.74) is 5.06. The highest BCUT2D eigenvalue weighted by molar-refractivity contribution is 6.06. The van der Waals surface area contributed by atoms with E-state index in [2.05, 4.69) is 16.0 Å². The average Bonchev–Trinajstić information content (AvgIpc) is 2.83. The number of carbonyl (C=O) groups excluding carboxylic acids is 1. The molecule has 2 heterocycles. The molecule has 0 bridgehead atoms. The fourth-order valence-electron chi connectivity index (χ4n) is 3.14. The zero-order chi connectivity index (χ0) is 10.7. The Bertz CT molecular complexity index is 624. The number of hydrogen-bond acceptors (Lipinski definition) is 1. The predicted molar refractivity (Wildman–Crippen MR) is 62.6 cm³/mol. The van der Waals surface area contributed by atoms with Gasteiger partial charge in [0.15, 0.2) is 0 Å². The minimum absolute atomic E-state index is 0.102. The molecular formula is C13H12N2O. The molecule has 1 amide bonds. The quantitative estimate of drug-likeness (QED) is 0.712. The van der Waals surface area contributed by atoms with Crippen molar-refractivity contribution in [3.63, 3.8) is 0 Å². The number of hydrogen-bond donors (Lipinski definition) is 1. The molecule has 0 spiro atoms. The first kappa shape index (κ1) is 8.39. The molecule has 1 N–H and O–H groups in total. The number of fused-ring (bicyclic) bond motifs is 3. The Kier molecular flexibility index (Phi) is 1.40. The second kappa shape index (κ2) is 2.67. The standard InChI is InChI=1S/C13H12N2O/c16-12-7-15-11-6-2-3-8(11)9-4-1-5-10(14-12)13(9)15/h1,4-5H,2-3,6-7H2,(H,14,16). The molecule has 4 rings (SSSR count). The van der Waals surface area contributed by atoms with E-state index >= 15 is 0 Å². The summed E-state index contributed by atoms with van der Waals surface area (Å²) < 4.78 is 2.21. The SMILES string of the molecule is O=C1Cn2c3c(c4cccc(c42)N1)CCC3. The predicted octanol–water partition coefficient (Wildman–Crippen LogP) is 2.08. The molecule has 0 saturated heterocycles. The molecular weight excluding hydrogens is 200 g/mol. The largest absolute Gasteiger partial charge is 0.333 e. The van der Waals surface area contributed by atoms with E-state index in [1.165, 1.54) is 28.6 Å². The lowest BCUT2D eigenvalue weighted by Gasteiger charge is -2.18. The highest BCUT2D eigenvalue weighted by Gasteiger charge is 2.26. The van der Waals surface area contributed by atoms with E-state index in [0.29, 0.717) is 6.54 Å². The Balaban J connectivity index is 2.19. The molecule has 0 radical (unpaired) electrons. The van der Waals surface area contributed by atoms with Crippen LogP contribution < -0.4 is 5.32 Å². The Morgan fingerprint density at radius 2 is 2.19 bits per heavy atom. The molecule has 0 unspecified atom stereocenters. The summed E-state index contributed by atoms with van der Waals surface area (Å²) in [5, 5.41) is 4.29. The van der Waals surface area contributed by atoms with Crippen molar-refractivity contribution in [2.75, 3.05) is 5.32 Å². The molecule has 3 heteroatoms. The first-order valence-corrected chi connectivity index (χ1v) is 5.77. The van der Waals surface area contributed by atoms with Crippen LogP contribution in [0.1, 0.15) is 17.7 Å². The van der Waals surface area contributed by atoms with Crippen molar-refractivity contribution in [2.24, 2.45) is 0 Å². The molecule has 16 heavy (non-hydrogen) atoms. The molecule has 0 atom stereocenters. The van der Waals surface area contributed by atoms with Crippen LogP contribution in [0.4, 0.5) is 5.69 Å². The smallest absolute Gasteiger partial charge is 0.244 e. The maximum absolute atomic E-state index is 11.6. The van der Waals surface area contributed by atoms with Gasteiger partial charge in [-0.3, -0.25) is 4.79 Å². The first-order chi connectivity index (χ1) is 7.84. The van der Waals surface area contributed by atoms with Gasteiger partial charge in [-0.15, -0.1) is 0 Å². The van der Waals surface area contributed by atoms with Gasteiger partial charge in [0, 0.05) is 11.1 Å². The summed E-state index contributed by atoms with van der Waals surface area (Å²) in [6.07, 6.45) is 3.51. The molecule has 1 aromatic heterocycles. The molecule has 0 saturated carbocycles. The van der Waals surface area contributed by atoms with Gasteiger partial charge in [0.1, 0.15) is 6.54 Å². The summed E-state index contributed by atoms with van der Waals surface area (Å²) in [4.78, 5) is 11.6. The van der Waals surface area contributed by atoms with Gasteiger partial charge in [0.25, 0.3) is 0 Å². The third kappa shape index (κ3) is 0.865. The molecule has 2 aliphatic rings. The Morgan fingerprint density at radius 1 is 1.25 bits per heavy atom. The number of benzene rings is 1. The van der Waals surface area contributed by atoms with Gasteiger partial charge in [-0.1, -0.05) is 12.1 Å². The van der Waals surface area contributed by atoms with Crippen LogP contribution >= 0.6 is 0 Å². The zero-order valence-corrected chi connectivity index (χ0v) is 8.92. The van der Waals surface area contributed by atoms with Crippen molar-refractivity contribution in [3.8, 4) is 0 Å². The van der Waals surface area contributed by atoms with Crippen molar-refractivity contribution in [1.29, 1.82) is 0 Å². The highest BCUT2D eigenvalue weighted by atomic mass is 16.2. The van der Waals surface area contributed by atoms with E-state index in [9.17, 15) is 4.79 Å². The lowest BCUT2D eigenvalue weighted by molar-refractivity contribution is -0.116. The Labute approximate surface area is 93.1 Å². The maximum atomic E-state index is 11.6. The summed E-state index contributed by atoms with van der Waals surface area (Å²) in [5.74, 6) is 0.102. The van der Waals surface area contributed by atoms with Crippen LogP contribution in [0.3, 0.4) is 0 Å². The second-order valence-electron chi connectivity index (χ2n) is 4.61. The number of anilines is 1. The van der Waals surface area contributed by atoms with E-state index in [0.717, 1.165) is 18.5 Å². The van der Waals surface area contributed by atoms with E-state index in [4.69, 9.17) is 0 Å². The Morgan fingerprint density at radius 3 is 3.12 bits per heavy atom. The monoisotopic (exact) mass is 212 g/mol. The van der Waals surface area contributed by atoms with Crippen LogP contribution in [0.15, 0.2) is 18.2 Å².